The quantitative estimate of drug-likeness (QED) is 0.535. The molecule has 0 saturated heterocycles. The van der Waals surface area contributed by atoms with Gasteiger partial charge in [0.15, 0.2) is 0 Å². The van der Waals surface area contributed by atoms with Gasteiger partial charge in [-0.15, -0.1) is 0 Å². The smallest absolute Gasteiger partial charge is 0.337 e. The summed E-state index contributed by atoms with van der Waals surface area (Å²) >= 11 is 0. The highest BCUT2D eigenvalue weighted by Gasteiger charge is 2.03. The van der Waals surface area contributed by atoms with Crippen LogP contribution in [0.25, 0.3) is 6.08 Å². The molecule has 4 nitrogen and oxygen atoms in total. The minimum absolute atomic E-state index is 0.227. The first kappa shape index (κ1) is 17.0. The van der Waals surface area contributed by atoms with Gasteiger partial charge in [0, 0.05) is 11.6 Å². The predicted molar refractivity (Wildman–Crippen MR) is 93.1 cm³/mol. The number of rotatable bonds is 4. The van der Waals surface area contributed by atoms with E-state index in [0.717, 1.165) is 11.1 Å². The summed E-state index contributed by atoms with van der Waals surface area (Å²) in [4.78, 5) is 23.0. The van der Waals surface area contributed by atoms with Crippen LogP contribution in [0.1, 0.15) is 21.5 Å². The van der Waals surface area contributed by atoms with E-state index in [1.165, 1.54) is 13.2 Å². The molecule has 0 unspecified atom stereocenters. The second-order valence-corrected chi connectivity index (χ2v) is 4.83. The fraction of sp³-hybridized carbons (Fsp3) is 0.100. The molecule has 0 fully saturated rings. The van der Waals surface area contributed by atoms with Crippen LogP contribution in [0.3, 0.4) is 0 Å². The fourth-order valence-corrected chi connectivity index (χ4v) is 1.88. The van der Waals surface area contributed by atoms with E-state index in [4.69, 9.17) is 0 Å². The average Bonchev–Trinajstić information content (AvgIpc) is 2.64. The van der Waals surface area contributed by atoms with E-state index in [2.05, 4.69) is 21.9 Å². The lowest BCUT2D eigenvalue weighted by molar-refractivity contribution is -0.116. The summed E-state index contributed by atoms with van der Waals surface area (Å²) in [6.45, 7) is 0.277. The van der Waals surface area contributed by atoms with Gasteiger partial charge in [0.25, 0.3) is 0 Å². The second kappa shape index (κ2) is 8.96. The summed E-state index contributed by atoms with van der Waals surface area (Å²) in [5.74, 6) is 5.24. The number of benzene rings is 2. The molecule has 0 bridgehead atoms. The standard InChI is InChI=1S/C20H17NO3/c1-24-20(23)18-12-9-17(10-13-18)11-14-19(22)21-15-5-8-16-6-3-2-4-7-16/h2-4,6-7,9-14H,15H2,1H3,(H,21,22)/b14-11+. The summed E-state index contributed by atoms with van der Waals surface area (Å²) in [5.41, 5.74) is 2.19. The summed E-state index contributed by atoms with van der Waals surface area (Å²) in [6, 6.07) is 16.3. The summed E-state index contributed by atoms with van der Waals surface area (Å²) in [5, 5.41) is 2.69. The first-order chi connectivity index (χ1) is 11.7. The van der Waals surface area contributed by atoms with Gasteiger partial charge >= 0.3 is 5.97 Å². The van der Waals surface area contributed by atoms with E-state index in [0.29, 0.717) is 5.56 Å². The molecule has 0 radical (unpaired) electrons. The van der Waals surface area contributed by atoms with Crippen LogP contribution in [-0.2, 0) is 9.53 Å². The van der Waals surface area contributed by atoms with Crippen LogP contribution in [0.4, 0.5) is 0 Å². The zero-order valence-electron chi connectivity index (χ0n) is 13.3. The van der Waals surface area contributed by atoms with Crippen LogP contribution in [-0.4, -0.2) is 25.5 Å². The first-order valence-corrected chi connectivity index (χ1v) is 7.37. The normalized spacial score (nSPS) is 9.88. The van der Waals surface area contributed by atoms with Gasteiger partial charge in [-0.3, -0.25) is 4.79 Å². The number of hydrogen-bond donors (Lipinski definition) is 1. The van der Waals surface area contributed by atoms with Crippen LogP contribution in [0.2, 0.25) is 0 Å². The third-order valence-electron chi connectivity index (χ3n) is 3.12. The molecule has 120 valence electrons. The number of carbonyl (C=O) groups is 2. The number of hydrogen-bond acceptors (Lipinski definition) is 3. The Morgan fingerprint density at radius 1 is 1.08 bits per heavy atom. The van der Waals surface area contributed by atoms with E-state index < -0.39 is 0 Å². The molecular weight excluding hydrogens is 302 g/mol. The van der Waals surface area contributed by atoms with Gasteiger partial charge in [-0.05, 0) is 35.9 Å². The molecule has 0 saturated carbocycles. The van der Waals surface area contributed by atoms with Crippen LogP contribution in [0, 0.1) is 11.8 Å². The lowest BCUT2D eigenvalue weighted by Gasteiger charge is -1.99. The number of ether oxygens (including phenoxy) is 1. The molecule has 4 heteroatoms. The highest BCUT2D eigenvalue weighted by atomic mass is 16.5. The zero-order chi connectivity index (χ0) is 17.2. The van der Waals surface area contributed by atoms with Crippen LogP contribution < -0.4 is 5.32 Å². The number of carbonyl (C=O) groups excluding carboxylic acids is 2. The third-order valence-corrected chi connectivity index (χ3v) is 3.12. The fourth-order valence-electron chi connectivity index (χ4n) is 1.88. The number of amides is 1. The Bertz CT molecular complexity index is 781. The minimum atomic E-state index is -0.389. The molecule has 1 amide bonds. The van der Waals surface area contributed by atoms with Crippen molar-refractivity contribution in [2.45, 2.75) is 0 Å². The lowest BCUT2D eigenvalue weighted by atomic mass is 10.1. The van der Waals surface area contributed by atoms with Crippen molar-refractivity contribution in [2.75, 3.05) is 13.7 Å². The van der Waals surface area contributed by atoms with Crippen molar-refractivity contribution in [1.82, 2.24) is 5.32 Å². The zero-order valence-corrected chi connectivity index (χ0v) is 13.3. The Morgan fingerprint density at radius 2 is 1.79 bits per heavy atom. The van der Waals surface area contributed by atoms with E-state index in [1.54, 1.807) is 30.3 Å². The molecule has 0 heterocycles. The Hall–Kier alpha value is -3.32. The Labute approximate surface area is 141 Å². The summed E-state index contributed by atoms with van der Waals surface area (Å²) < 4.78 is 4.63. The maximum atomic E-state index is 11.7. The van der Waals surface area contributed by atoms with Crippen LogP contribution >= 0.6 is 0 Å². The number of methoxy groups -OCH3 is 1. The van der Waals surface area contributed by atoms with Crippen molar-refractivity contribution >= 4 is 18.0 Å². The number of esters is 1. The van der Waals surface area contributed by atoms with Crippen molar-refractivity contribution in [3.05, 3.63) is 77.4 Å². The van der Waals surface area contributed by atoms with Gasteiger partial charge in [-0.2, -0.15) is 0 Å². The molecule has 0 spiro atoms. The maximum absolute atomic E-state index is 11.7. The minimum Gasteiger partial charge on any atom is -0.465 e. The molecular formula is C20H17NO3. The van der Waals surface area contributed by atoms with Gasteiger partial charge < -0.3 is 10.1 Å². The van der Waals surface area contributed by atoms with Gasteiger partial charge in [0.1, 0.15) is 0 Å². The molecule has 1 N–H and O–H groups in total. The van der Waals surface area contributed by atoms with E-state index in [1.807, 2.05) is 30.3 Å². The highest BCUT2D eigenvalue weighted by Crippen LogP contribution is 2.07. The third kappa shape index (κ3) is 5.47. The molecule has 2 aromatic rings. The van der Waals surface area contributed by atoms with Crippen molar-refractivity contribution in [3.8, 4) is 11.8 Å². The van der Waals surface area contributed by atoms with Crippen LogP contribution in [0.5, 0.6) is 0 Å². The highest BCUT2D eigenvalue weighted by molar-refractivity contribution is 5.92. The van der Waals surface area contributed by atoms with Gasteiger partial charge in [-0.1, -0.05) is 42.2 Å². The van der Waals surface area contributed by atoms with E-state index in [9.17, 15) is 9.59 Å². The number of nitrogens with one attached hydrogen (secondary N) is 1. The van der Waals surface area contributed by atoms with Gasteiger partial charge in [0.2, 0.25) is 5.91 Å². The molecule has 0 aliphatic heterocycles. The summed E-state index contributed by atoms with van der Waals surface area (Å²) in [6.07, 6.45) is 3.10. The largest absolute Gasteiger partial charge is 0.465 e. The van der Waals surface area contributed by atoms with Gasteiger partial charge in [0.05, 0.1) is 19.2 Å². The molecule has 0 aliphatic carbocycles. The molecule has 0 atom stereocenters. The van der Waals surface area contributed by atoms with Crippen LogP contribution in [0.15, 0.2) is 60.7 Å². The Kier molecular flexibility index (Phi) is 6.36. The SMILES string of the molecule is COC(=O)c1ccc(/C=C/C(=O)NCC#Cc2ccccc2)cc1. The van der Waals surface area contributed by atoms with Crippen molar-refractivity contribution in [3.63, 3.8) is 0 Å². The maximum Gasteiger partial charge on any atom is 0.337 e. The Balaban J connectivity index is 1.83. The van der Waals surface area contributed by atoms with Crippen molar-refractivity contribution in [2.24, 2.45) is 0 Å². The first-order valence-electron chi connectivity index (χ1n) is 7.37. The topological polar surface area (TPSA) is 55.4 Å². The van der Waals surface area contributed by atoms with E-state index in [-0.39, 0.29) is 18.4 Å². The van der Waals surface area contributed by atoms with Gasteiger partial charge in [-0.25, -0.2) is 4.79 Å². The predicted octanol–water partition coefficient (Wildman–Crippen LogP) is 2.65. The molecule has 2 aromatic carbocycles. The average molecular weight is 319 g/mol. The monoisotopic (exact) mass is 319 g/mol. The van der Waals surface area contributed by atoms with Crippen molar-refractivity contribution < 1.29 is 14.3 Å². The summed E-state index contributed by atoms with van der Waals surface area (Å²) in [7, 11) is 1.33. The van der Waals surface area contributed by atoms with E-state index >= 15 is 0 Å². The second-order valence-electron chi connectivity index (χ2n) is 4.83. The molecule has 0 aliphatic rings. The molecule has 2 rings (SSSR count). The molecule has 24 heavy (non-hydrogen) atoms. The lowest BCUT2D eigenvalue weighted by Crippen LogP contribution is -2.20. The molecule has 0 aromatic heterocycles. The van der Waals surface area contributed by atoms with Crippen molar-refractivity contribution in [1.29, 1.82) is 0 Å². The Morgan fingerprint density at radius 3 is 2.46 bits per heavy atom.